The van der Waals surface area contributed by atoms with Gasteiger partial charge < -0.3 is 10.2 Å². The van der Waals surface area contributed by atoms with Crippen molar-refractivity contribution in [1.29, 1.82) is 0 Å². The van der Waals surface area contributed by atoms with Gasteiger partial charge in [0.15, 0.2) is 5.82 Å². The maximum Gasteiger partial charge on any atom is 0.573 e. The molecule has 1 heterocycles. The summed E-state index contributed by atoms with van der Waals surface area (Å²) in [6.45, 7) is 0. The summed E-state index contributed by atoms with van der Waals surface area (Å²) in [4.78, 5) is 7.85. The molecule has 0 spiro atoms. The molecule has 3 N–H and O–H groups in total. The molecule has 1 aromatic heterocycles. The molecule has 2 rings (SSSR count). The Bertz CT molecular complexity index is 574. The van der Waals surface area contributed by atoms with E-state index in [9.17, 15) is 13.2 Å². The monoisotopic (exact) mass is 270 g/mol. The Morgan fingerprint density at radius 2 is 1.89 bits per heavy atom. The summed E-state index contributed by atoms with van der Waals surface area (Å²) in [5.41, 5.74) is 2.41. The SMILES string of the molecule is NNc1ccnc(-c2ccccc2OC(F)(F)F)n1. The number of halogens is 3. The molecule has 0 aliphatic heterocycles. The van der Waals surface area contributed by atoms with Crippen LogP contribution in [0.5, 0.6) is 5.75 Å². The van der Waals surface area contributed by atoms with Crippen LogP contribution in [-0.2, 0) is 0 Å². The molecule has 0 amide bonds. The number of anilines is 1. The van der Waals surface area contributed by atoms with Gasteiger partial charge in [0, 0.05) is 12.3 Å². The number of nitrogen functional groups attached to an aromatic ring is 1. The first kappa shape index (κ1) is 13.1. The van der Waals surface area contributed by atoms with Crippen LogP contribution in [-0.4, -0.2) is 16.3 Å². The van der Waals surface area contributed by atoms with Crippen molar-refractivity contribution < 1.29 is 17.9 Å². The number of nitrogens with two attached hydrogens (primary N) is 1. The van der Waals surface area contributed by atoms with Crippen molar-refractivity contribution in [3.05, 3.63) is 36.5 Å². The molecule has 2 aromatic rings. The molecule has 8 heteroatoms. The highest BCUT2D eigenvalue weighted by atomic mass is 19.4. The van der Waals surface area contributed by atoms with Crippen LogP contribution in [0, 0.1) is 0 Å². The Kier molecular flexibility index (Phi) is 3.52. The molecule has 0 bridgehead atoms. The number of ether oxygens (including phenoxy) is 1. The molecule has 5 nitrogen and oxygen atoms in total. The Morgan fingerprint density at radius 3 is 2.58 bits per heavy atom. The van der Waals surface area contributed by atoms with Crippen LogP contribution in [0.4, 0.5) is 19.0 Å². The standard InChI is InChI=1S/C11H9F3N4O/c12-11(13,14)19-8-4-2-1-3-7(8)10-16-6-5-9(17-10)18-15/h1-6H,15H2,(H,16,17,18). The van der Waals surface area contributed by atoms with Crippen LogP contribution >= 0.6 is 0 Å². The number of benzene rings is 1. The number of hydrogen-bond acceptors (Lipinski definition) is 5. The molecule has 19 heavy (non-hydrogen) atoms. The molecule has 0 unspecified atom stereocenters. The van der Waals surface area contributed by atoms with E-state index < -0.39 is 6.36 Å². The maximum atomic E-state index is 12.3. The highest BCUT2D eigenvalue weighted by Gasteiger charge is 2.32. The van der Waals surface area contributed by atoms with E-state index in [1.165, 1.54) is 30.5 Å². The lowest BCUT2D eigenvalue weighted by atomic mass is 10.2. The fourth-order valence-electron chi connectivity index (χ4n) is 1.43. The third-order valence-corrected chi connectivity index (χ3v) is 2.16. The van der Waals surface area contributed by atoms with Gasteiger partial charge in [-0.1, -0.05) is 12.1 Å². The zero-order chi connectivity index (χ0) is 13.9. The van der Waals surface area contributed by atoms with E-state index in [1.807, 2.05) is 0 Å². The highest BCUT2D eigenvalue weighted by molar-refractivity contribution is 5.64. The lowest BCUT2D eigenvalue weighted by Crippen LogP contribution is -2.17. The van der Waals surface area contributed by atoms with Gasteiger partial charge in [-0.15, -0.1) is 13.2 Å². The van der Waals surface area contributed by atoms with Crippen molar-refractivity contribution in [2.45, 2.75) is 6.36 Å². The van der Waals surface area contributed by atoms with E-state index in [-0.39, 0.29) is 23.0 Å². The molecular weight excluding hydrogens is 261 g/mol. The molecule has 100 valence electrons. The summed E-state index contributed by atoms with van der Waals surface area (Å²) < 4.78 is 40.8. The lowest BCUT2D eigenvalue weighted by molar-refractivity contribution is -0.274. The predicted octanol–water partition coefficient (Wildman–Crippen LogP) is 2.33. The minimum atomic E-state index is -4.78. The van der Waals surface area contributed by atoms with Gasteiger partial charge in [0.05, 0.1) is 5.56 Å². The number of rotatable bonds is 3. The Morgan fingerprint density at radius 1 is 1.16 bits per heavy atom. The van der Waals surface area contributed by atoms with E-state index in [0.29, 0.717) is 0 Å². The fourth-order valence-corrected chi connectivity index (χ4v) is 1.43. The van der Waals surface area contributed by atoms with Crippen molar-refractivity contribution in [2.24, 2.45) is 5.84 Å². The summed E-state index contributed by atoms with van der Waals surface area (Å²) >= 11 is 0. The molecule has 0 saturated carbocycles. The third-order valence-electron chi connectivity index (χ3n) is 2.16. The quantitative estimate of drug-likeness (QED) is 0.661. The maximum absolute atomic E-state index is 12.3. The van der Waals surface area contributed by atoms with Gasteiger partial charge in [-0.25, -0.2) is 15.8 Å². The van der Waals surface area contributed by atoms with Gasteiger partial charge >= 0.3 is 6.36 Å². The van der Waals surface area contributed by atoms with Crippen molar-refractivity contribution in [3.8, 4) is 17.1 Å². The topological polar surface area (TPSA) is 73.1 Å². The number of aromatic nitrogens is 2. The zero-order valence-electron chi connectivity index (χ0n) is 9.48. The lowest BCUT2D eigenvalue weighted by Gasteiger charge is -2.12. The third kappa shape index (κ3) is 3.32. The molecule has 1 aromatic carbocycles. The predicted molar refractivity (Wildman–Crippen MR) is 62.0 cm³/mol. The Labute approximate surface area is 106 Å². The normalized spacial score (nSPS) is 11.2. The van der Waals surface area contributed by atoms with Gasteiger partial charge in [-0.2, -0.15) is 0 Å². The molecule has 0 fully saturated rings. The molecule has 0 radical (unpaired) electrons. The van der Waals surface area contributed by atoms with Crippen LogP contribution in [0.1, 0.15) is 0 Å². The smallest absolute Gasteiger partial charge is 0.405 e. The second-order valence-corrected chi connectivity index (χ2v) is 3.45. The number of alkyl halides is 3. The van der Waals surface area contributed by atoms with Crippen LogP contribution in [0.25, 0.3) is 11.4 Å². The number of hydrazine groups is 1. The highest BCUT2D eigenvalue weighted by Crippen LogP contribution is 2.31. The van der Waals surface area contributed by atoms with E-state index in [4.69, 9.17) is 5.84 Å². The Balaban J connectivity index is 2.44. The molecule has 0 atom stereocenters. The van der Waals surface area contributed by atoms with Gasteiger partial charge in [0.2, 0.25) is 0 Å². The van der Waals surface area contributed by atoms with Crippen LogP contribution in [0.2, 0.25) is 0 Å². The molecule has 0 saturated heterocycles. The summed E-state index contributed by atoms with van der Waals surface area (Å²) in [5.74, 6) is 5.18. The molecule has 0 aliphatic carbocycles. The molecular formula is C11H9F3N4O. The second-order valence-electron chi connectivity index (χ2n) is 3.45. The average Bonchev–Trinajstić information content (AvgIpc) is 2.37. The largest absolute Gasteiger partial charge is 0.573 e. The average molecular weight is 270 g/mol. The van der Waals surface area contributed by atoms with Crippen molar-refractivity contribution >= 4 is 5.82 Å². The van der Waals surface area contributed by atoms with Crippen molar-refractivity contribution in [1.82, 2.24) is 9.97 Å². The first-order chi connectivity index (χ1) is 8.99. The summed E-state index contributed by atoms with van der Waals surface area (Å²) in [6.07, 6.45) is -3.40. The van der Waals surface area contributed by atoms with E-state index in [0.717, 1.165) is 0 Å². The number of nitrogens with one attached hydrogen (secondary N) is 1. The summed E-state index contributed by atoms with van der Waals surface area (Å²) in [5, 5.41) is 0. The number of nitrogens with zero attached hydrogens (tertiary/aromatic N) is 2. The Hall–Kier alpha value is -2.35. The minimum Gasteiger partial charge on any atom is -0.405 e. The van der Waals surface area contributed by atoms with Gasteiger partial charge in [0.1, 0.15) is 11.6 Å². The van der Waals surface area contributed by atoms with Crippen LogP contribution in [0.15, 0.2) is 36.5 Å². The van der Waals surface area contributed by atoms with Crippen LogP contribution < -0.4 is 16.0 Å². The van der Waals surface area contributed by atoms with Crippen molar-refractivity contribution in [3.63, 3.8) is 0 Å². The van der Waals surface area contributed by atoms with Gasteiger partial charge in [-0.05, 0) is 12.1 Å². The van der Waals surface area contributed by atoms with E-state index >= 15 is 0 Å². The second kappa shape index (κ2) is 5.11. The number of para-hydroxylation sites is 1. The first-order valence-corrected chi connectivity index (χ1v) is 5.14. The van der Waals surface area contributed by atoms with E-state index in [2.05, 4.69) is 20.1 Å². The van der Waals surface area contributed by atoms with Crippen molar-refractivity contribution in [2.75, 3.05) is 5.43 Å². The minimum absolute atomic E-state index is 0.0790. The first-order valence-electron chi connectivity index (χ1n) is 5.14. The molecule has 0 aliphatic rings. The number of hydrogen-bond donors (Lipinski definition) is 2. The summed E-state index contributed by atoms with van der Waals surface area (Å²) in [6, 6.07) is 7.09. The zero-order valence-corrected chi connectivity index (χ0v) is 9.48. The van der Waals surface area contributed by atoms with Gasteiger partial charge in [-0.3, -0.25) is 0 Å². The van der Waals surface area contributed by atoms with Gasteiger partial charge in [0.25, 0.3) is 0 Å². The fraction of sp³-hybridized carbons (Fsp3) is 0.0909. The summed E-state index contributed by atoms with van der Waals surface area (Å²) in [7, 11) is 0. The van der Waals surface area contributed by atoms with E-state index in [1.54, 1.807) is 6.07 Å². The van der Waals surface area contributed by atoms with Crippen LogP contribution in [0.3, 0.4) is 0 Å².